The van der Waals surface area contributed by atoms with Crippen LogP contribution in [0, 0.1) is 6.92 Å². The summed E-state index contributed by atoms with van der Waals surface area (Å²) in [4.78, 5) is 11.8. The Morgan fingerprint density at radius 1 is 1.47 bits per heavy atom. The molecule has 0 aliphatic carbocycles. The molecule has 0 spiro atoms. The largest absolute Gasteiger partial charge is 0.508 e. The van der Waals surface area contributed by atoms with Gasteiger partial charge < -0.3 is 15.5 Å². The predicted octanol–water partition coefficient (Wildman–Crippen LogP) is 1.59. The van der Waals surface area contributed by atoms with Gasteiger partial charge in [-0.1, -0.05) is 19.4 Å². The van der Waals surface area contributed by atoms with Crippen LogP contribution >= 0.6 is 0 Å². The molecule has 1 aromatic rings. The fraction of sp³-hybridized carbons (Fsp3) is 0.462. The zero-order valence-electron chi connectivity index (χ0n) is 10.2. The van der Waals surface area contributed by atoms with Crippen LogP contribution in [-0.2, 0) is 0 Å². The molecular formula is C13H19NO3. The lowest BCUT2D eigenvalue weighted by Crippen LogP contribution is -2.32. The Kier molecular flexibility index (Phi) is 4.97. The lowest BCUT2D eigenvalue weighted by Gasteiger charge is -2.12. The molecule has 1 atom stereocenters. The second-order valence-electron chi connectivity index (χ2n) is 4.10. The van der Waals surface area contributed by atoms with Crippen molar-refractivity contribution in [1.29, 1.82) is 0 Å². The zero-order valence-corrected chi connectivity index (χ0v) is 10.2. The van der Waals surface area contributed by atoms with Crippen LogP contribution < -0.4 is 5.32 Å². The standard InChI is InChI=1S/C13H19NO3/c1-3-5-10(15)8-14-13(17)11-6-4-7-12(16)9(11)2/h4,6-7,10,15-16H,3,5,8H2,1-2H3,(H,14,17). The topological polar surface area (TPSA) is 69.6 Å². The summed E-state index contributed by atoms with van der Waals surface area (Å²) >= 11 is 0. The molecule has 94 valence electrons. The molecule has 1 unspecified atom stereocenters. The van der Waals surface area contributed by atoms with E-state index in [0.717, 1.165) is 6.42 Å². The summed E-state index contributed by atoms with van der Waals surface area (Å²) in [6.45, 7) is 3.90. The van der Waals surface area contributed by atoms with Gasteiger partial charge in [-0.3, -0.25) is 4.79 Å². The monoisotopic (exact) mass is 237 g/mol. The van der Waals surface area contributed by atoms with Crippen LogP contribution in [0.25, 0.3) is 0 Å². The number of amides is 1. The smallest absolute Gasteiger partial charge is 0.251 e. The lowest BCUT2D eigenvalue weighted by molar-refractivity contribution is 0.0909. The summed E-state index contributed by atoms with van der Waals surface area (Å²) in [5.41, 5.74) is 0.990. The van der Waals surface area contributed by atoms with E-state index in [1.807, 2.05) is 6.92 Å². The molecule has 0 heterocycles. The van der Waals surface area contributed by atoms with E-state index in [-0.39, 0.29) is 18.2 Å². The molecule has 0 saturated carbocycles. The van der Waals surface area contributed by atoms with Crippen LogP contribution in [0.2, 0.25) is 0 Å². The van der Waals surface area contributed by atoms with Crippen molar-refractivity contribution in [3.63, 3.8) is 0 Å². The van der Waals surface area contributed by atoms with Gasteiger partial charge in [0.1, 0.15) is 5.75 Å². The number of rotatable bonds is 5. The first kappa shape index (κ1) is 13.5. The first-order valence-electron chi connectivity index (χ1n) is 5.81. The summed E-state index contributed by atoms with van der Waals surface area (Å²) in [5.74, 6) is -0.166. The average molecular weight is 237 g/mol. The lowest BCUT2D eigenvalue weighted by atomic mass is 10.1. The summed E-state index contributed by atoms with van der Waals surface area (Å²) in [5, 5.41) is 21.6. The third-order valence-corrected chi connectivity index (χ3v) is 2.67. The number of aromatic hydroxyl groups is 1. The van der Waals surface area contributed by atoms with E-state index in [1.165, 1.54) is 6.07 Å². The molecule has 0 aromatic heterocycles. The minimum absolute atomic E-state index is 0.103. The third kappa shape index (κ3) is 3.75. The van der Waals surface area contributed by atoms with Gasteiger partial charge in [-0.2, -0.15) is 0 Å². The van der Waals surface area contributed by atoms with Gasteiger partial charge in [0.15, 0.2) is 0 Å². The molecule has 0 radical (unpaired) electrons. The highest BCUT2D eigenvalue weighted by atomic mass is 16.3. The van der Waals surface area contributed by atoms with E-state index in [9.17, 15) is 15.0 Å². The summed E-state index contributed by atoms with van der Waals surface area (Å²) in [7, 11) is 0. The summed E-state index contributed by atoms with van der Waals surface area (Å²) in [6, 6.07) is 4.81. The Morgan fingerprint density at radius 3 is 2.82 bits per heavy atom. The highest BCUT2D eigenvalue weighted by molar-refractivity contribution is 5.96. The van der Waals surface area contributed by atoms with Crippen molar-refractivity contribution in [2.75, 3.05) is 6.54 Å². The maximum Gasteiger partial charge on any atom is 0.251 e. The van der Waals surface area contributed by atoms with Crippen LogP contribution in [0.15, 0.2) is 18.2 Å². The van der Waals surface area contributed by atoms with Gasteiger partial charge in [0.05, 0.1) is 6.10 Å². The Labute approximate surface area is 101 Å². The van der Waals surface area contributed by atoms with E-state index in [1.54, 1.807) is 19.1 Å². The first-order chi connectivity index (χ1) is 8.06. The Balaban J connectivity index is 2.61. The molecule has 0 fully saturated rings. The molecular weight excluding hydrogens is 218 g/mol. The van der Waals surface area contributed by atoms with Crippen molar-refractivity contribution in [3.8, 4) is 5.75 Å². The third-order valence-electron chi connectivity index (χ3n) is 2.67. The van der Waals surface area contributed by atoms with Crippen molar-refractivity contribution in [1.82, 2.24) is 5.32 Å². The summed E-state index contributed by atoms with van der Waals surface area (Å²) < 4.78 is 0. The maximum absolute atomic E-state index is 11.8. The summed E-state index contributed by atoms with van der Waals surface area (Å²) in [6.07, 6.45) is 1.03. The van der Waals surface area contributed by atoms with Crippen molar-refractivity contribution in [2.24, 2.45) is 0 Å². The fourth-order valence-electron chi connectivity index (χ4n) is 1.61. The Morgan fingerprint density at radius 2 is 2.18 bits per heavy atom. The van der Waals surface area contributed by atoms with Crippen LogP contribution in [-0.4, -0.2) is 28.8 Å². The predicted molar refractivity (Wildman–Crippen MR) is 66.1 cm³/mol. The van der Waals surface area contributed by atoms with Gasteiger partial charge in [-0.25, -0.2) is 0 Å². The number of nitrogens with one attached hydrogen (secondary N) is 1. The van der Waals surface area contributed by atoms with Gasteiger partial charge in [-0.05, 0) is 25.5 Å². The Hall–Kier alpha value is -1.55. The van der Waals surface area contributed by atoms with Gasteiger partial charge in [0.2, 0.25) is 0 Å². The van der Waals surface area contributed by atoms with E-state index in [4.69, 9.17) is 0 Å². The molecule has 4 heteroatoms. The molecule has 0 aliphatic heterocycles. The van der Waals surface area contributed by atoms with E-state index >= 15 is 0 Å². The molecule has 1 rings (SSSR count). The van der Waals surface area contributed by atoms with Crippen LogP contribution in [0.1, 0.15) is 35.7 Å². The first-order valence-corrected chi connectivity index (χ1v) is 5.81. The number of phenolic OH excluding ortho intramolecular Hbond substituents is 1. The molecule has 1 aromatic carbocycles. The highest BCUT2D eigenvalue weighted by Crippen LogP contribution is 2.19. The SMILES string of the molecule is CCCC(O)CNC(=O)c1cccc(O)c1C. The minimum atomic E-state index is -0.512. The maximum atomic E-state index is 11.8. The molecule has 1 amide bonds. The highest BCUT2D eigenvalue weighted by Gasteiger charge is 2.12. The average Bonchev–Trinajstić information content (AvgIpc) is 2.30. The number of benzene rings is 1. The molecule has 4 nitrogen and oxygen atoms in total. The van der Waals surface area contributed by atoms with E-state index < -0.39 is 6.10 Å². The second-order valence-corrected chi connectivity index (χ2v) is 4.10. The Bertz CT molecular complexity index is 390. The van der Waals surface area contributed by atoms with Gasteiger partial charge in [-0.15, -0.1) is 0 Å². The van der Waals surface area contributed by atoms with Crippen molar-refractivity contribution >= 4 is 5.91 Å². The number of phenols is 1. The van der Waals surface area contributed by atoms with Crippen molar-refractivity contribution in [2.45, 2.75) is 32.8 Å². The fourth-order valence-corrected chi connectivity index (χ4v) is 1.61. The van der Waals surface area contributed by atoms with Crippen molar-refractivity contribution < 1.29 is 15.0 Å². The number of hydrogen-bond donors (Lipinski definition) is 3. The molecule has 0 saturated heterocycles. The van der Waals surface area contributed by atoms with Crippen LogP contribution in [0.5, 0.6) is 5.75 Å². The quantitative estimate of drug-likeness (QED) is 0.728. The van der Waals surface area contributed by atoms with Crippen LogP contribution in [0.4, 0.5) is 0 Å². The van der Waals surface area contributed by atoms with Crippen molar-refractivity contribution in [3.05, 3.63) is 29.3 Å². The van der Waals surface area contributed by atoms with Crippen LogP contribution in [0.3, 0.4) is 0 Å². The number of aliphatic hydroxyl groups excluding tert-OH is 1. The van der Waals surface area contributed by atoms with Gasteiger partial charge in [0, 0.05) is 17.7 Å². The number of aliphatic hydroxyl groups is 1. The zero-order chi connectivity index (χ0) is 12.8. The number of hydrogen-bond acceptors (Lipinski definition) is 3. The van der Waals surface area contributed by atoms with E-state index in [0.29, 0.717) is 17.5 Å². The normalized spacial score (nSPS) is 12.2. The van der Waals surface area contributed by atoms with Gasteiger partial charge >= 0.3 is 0 Å². The van der Waals surface area contributed by atoms with E-state index in [2.05, 4.69) is 5.32 Å². The molecule has 0 bridgehead atoms. The number of carbonyl (C=O) groups is 1. The molecule has 3 N–H and O–H groups in total. The second kappa shape index (κ2) is 6.25. The molecule has 0 aliphatic rings. The molecule has 17 heavy (non-hydrogen) atoms. The minimum Gasteiger partial charge on any atom is -0.508 e. The van der Waals surface area contributed by atoms with Gasteiger partial charge in [0.25, 0.3) is 5.91 Å². The number of carbonyl (C=O) groups excluding carboxylic acids is 1.